The highest BCUT2D eigenvalue weighted by Crippen LogP contribution is 2.22. The van der Waals surface area contributed by atoms with Crippen LogP contribution in [0, 0.1) is 12.7 Å². The van der Waals surface area contributed by atoms with Crippen LogP contribution in [0.15, 0.2) is 40.9 Å². The van der Waals surface area contributed by atoms with Crippen molar-refractivity contribution in [2.24, 2.45) is 0 Å². The third-order valence-electron chi connectivity index (χ3n) is 2.78. The molecular weight excluding hydrogens is 331 g/mol. The zero-order valence-electron chi connectivity index (χ0n) is 10.2. The number of aryl methyl sites for hydroxylation is 1. The molecule has 2 aromatic carbocycles. The molecule has 0 aliphatic rings. The van der Waals surface area contributed by atoms with E-state index in [1.807, 2.05) is 19.1 Å². The van der Waals surface area contributed by atoms with Crippen LogP contribution in [0.2, 0.25) is 5.02 Å². The van der Waals surface area contributed by atoms with E-state index < -0.39 is 5.82 Å². The second-order valence-corrected chi connectivity index (χ2v) is 5.61. The Hall–Kier alpha value is -1.19. The van der Waals surface area contributed by atoms with Crippen molar-refractivity contribution in [3.63, 3.8) is 0 Å². The van der Waals surface area contributed by atoms with E-state index in [9.17, 15) is 9.18 Å². The summed E-state index contributed by atoms with van der Waals surface area (Å²) in [5, 5.41) is 0.424. The molecule has 0 atom stereocenters. The number of carbonyl (C=O) groups excluding carboxylic acids is 1. The second kappa shape index (κ2) is 5.85. The lowest BCUT2D eigenvalue weighted by Gasteiger charge is -2.06. The van der Waals surface area contributed by atoms with Gasteiger partial charge >= 0.3 is 0 Å². The summed E-state index contributed by atoms with van der Waals surface area (Å²) in [6, 6.07) is 9.73. The predicted octanol–water partition coefficient (Wildman–Crippen LogP) is 4.98. The molecule has 0 saturated heterocycles. The molecule has 98 valence electrons. The fourth-order valence-electron chi connectivity index (χ4n) is 1.80. The quantitative estimate of drug-likeness (QED) is 0.720. The first-order valence-corrected chi connectivity index (χ1v) is 6.88. The molecule has 0 radical (unpaired) electrons. The number of benzene rings is 2. The van der Waals surface area contributed by atoms with Gasteiger partial charge in [-0.1, -0.05) is 39.2 Å². The molecule has 0 bridgehead atoms. The molecule has 0 aromatic heterocycles. The van der Waals surface area contributed by atoms with E-state index in [-0.39, 0.29) is 12.2 Å². The van der Waals surface area contributed by atoms with E-state index in [0.717, 1.165) is 5.56 Å². The van der Waals surface area contributed by atoms with Gasteiger partial charge in [-0.05, 0) is 42.8 Å². The fourth-order valence-corrected chi connectivity index (χ4v) is 2.46. The Morgan fingerprint density at radius 2 is 2.00 bits per heavy atom. The Bertz CT molecular complexity index is 640. The molecule has 0 aliphatic heterocycles. The highest BCUT2D eigenvalue weighted by molar-refractivity contribution is 9.10. The van der Waals surface area contributed by atoms with E-state index in [1.54, 1.807) is 6.07 Å². The van der Waals surface area contributed by atoms with Gasteiger partial charge in [0.05, 0.1) is 0 Å². The Labute approximate surface area is 124 Å². The maximum absolute atomic E-state index is 13.6. The van der Waals surface area contributed by atoms with Crippen molar-refractivity contribution in [3.05, 3.63) is 68.4 Å². The summed E-state index contributed by atoms with van der Waals surface area (Å²) in [5.74, 6) is -0.557. The lowest BCUT2D eigenvalue weighted by atomic mass is 10.0. The van der Waals surface area contributed by atoms with Gasteiger partial charge in [0.15, 0.2) is 5.78 Å². The first-order chi connectivity index (χ1) is 8.97. The van der Waals surface area contributed by atoms with Gasteiger partial charge in [0.2, 0.25) is 0 Å². The van der Waals surface area contributed by atoms with Crippen LogP contribution < -0.4 is 0 Å². The summed E-state index contributed by atoms with van der Waals surface area (Å²) in [6.07, 6.45) is -0.00551. The highest BCUT2D eigenvalue weighted by Gasteiger charge is 2.14. The summed E-state index contributed by atoms with van der Waals surface area (Å²) in [6.45, 7) is 1.91. The van der Waals surface area contributed by atoms with Crippen molar-refractivity contribution in [1.29, 1.82) is 0 Å². The van der Waals surface area contributed by atoms with Gasteiger partial charge < -0.3 is 0 Å². The van der Waals surface area contributed by atoms with Crippen LogP contribution in [0.4, 0.5) is 4.39 Å². The molecule has 0 spiro atoms. The largest absolute Gasteiger partial charge is 0.294 e. The standard InChI is InChI=1S/C15H11BrClFO/c1-9-2-4-13(16)12(6-9)15(19)8-10-7-11(17)3-5-14(10)18/h2-7H,8H2,1H3. The first kappa shape index (κ1) is 14.2. The summed E-state index contributed by atoms with van der Waals surface area (Å²) >= 11 is 9.15. The molecule has 0 aliphatic carbocycles. The maximum Gasteiger partial charge on any atom is 0.168 e. The van der Waals surface area contributed by atoms with Crippen LogP contribution in [0.3, 0.4) is 0 Å². The third-order valence-corrected chi connectivity index (χ3v) is 3.71. The van der Waals surface area contributed by atoms with Crippen LogP contribution >= 0.6 is 27.5 Å². The molecule has 0 saturated carbocycles. The Morgan fingerprint density at radius 3 is 2.74 bits per heavy atom. The predicted molar refractivity (Wildman–Crippen MR) is 78.3 cm³/mol. The van der Waals surface area contributed by atoms with Crippen LogP contribution in [0.25, 0.3) is 0 Å². The SMILES string of the molecule is Cc1ccc(Br)c(C(=O)Cc2cc(Cl)ccc2F)c1. The molecule has 0 fully saturated rings. The lowest BCUT2D eigenvalue weighted by molar-refractivity contribution is 0.0991. The second-order valence-electron chi connectivity index (χ2n) is 4.32. The number of halogens is 3. The third kappa shape index (κ3) is 3.43. The minimum atomic E-state index is -0.415. The van der Waals surface area contributed by atoms with E-state index >= 15 is 0 Å². The minimum Gasteiger partial charge on any atom is -0.294 e. The Kier molecular flexibility index (Phi) is 4.38. The van der Waals surface area contributed by atoms with Crippen LogP contribution in [-0.2, 0) is 6.42 Å². The zero-order valence-corrected chi connectivity index (χ0v) is 12.6. The van der Waals surface area contributed by atoms with Crippen LogP contribution in [0.5, 0.6) is 0 Å². The van der Waals surface area contributed by atoms with Crippen molar-refractivity contribution >= 4 is 33.3 Å². The summed E-state index contributed by atoms with van der Waals surface area (Å²) in [7, 11) is 0. The first-order valence-electron chi connectivity index (χ1n) is 5.70. The van der Waals surface area contributed by atoms with Crippen LogP contribution in [0.1, 0.15) is 21.5 Å². The van der Waals surface area contributed by atoms with E-state index in [2.05, 4.69) is 15.9 Å². The van der Waals surface area contributed by atoms with Gasteiger partial charge in [0.1, 0.15) is 5.82 Å². The van der Waals surface area contributed by atoms with Gasteiger partial charge in [-0.15, -0.1) is 0 Å². The topological polar surface area (TPSA) is 17.1 Å². The van der Waals surface area contributed by atoms with E-state index in [4.69, 9.17) is 11.6 Å². The molecule has 2 aromatic rings. The highest BCUT2D eigenvalue weighted by atomic mass is 79.9. The van der Waals surface area contributed by atoms with Crippen molar-refractivity contribution in [2.45, 2.75) is 13.3 Å². The Morgan fingerprint density at radius 1 is 1.26 bits per heavy atom. The maximum atomic E-state index is 13.6. The smallest absolute Gasteiger partial charge is 0.168 e. The lowest BCUT2D eigenvalue weighted by Crippen LogP contribution is -2.06. The average molecular weight is 342 g/mol. The molecule has 0 amide bonds. The van der Waals surface area contributed by atoms with Gasteiger partial charge in [-0.2, -0.15) is 0 Å². The molecule has 1 nitrogen and oxygen atoms in total. The zero-order chi connectivity index (χ0) is 14.0. The number of ketones is 1. The molecular formula is C15H11BrClFO. The molecule has 0 heterocycles. The fraction of sp³-hybridized carbons (Fsp3) is 0.133. The van der Waals surface area contributed by atoms with E-state index in [0.29, 0.717) is 20.6 Å². The normalized spacial score (nSPS) is 10.5. The van der Waals surface area contributed by atoms with Crippen molar-refractivity contribution < 1.29 is 9.18 Å². The van der Waals surface area contributed by atoms with Crippen LogP contribution in [-0.4, -0.2) is 5.78 Å². The van der Waals surface area contributed by atoms with E-state index in [1.165, 1.54) is 18.2 Å². The number of hydrogen-bond acceptors (Lipinski definition) is 1. The average Bonchev–Trinajstić information content (AvgIpc) is 2.36. The number of rotatable bonds is 3. The number of Topliss-reactive ketones (excluding diaryl/α,β-unsaturated/α-hetero) is 1. The van der Waals surface area contributed by atoms with Crippen molar-refractivity contribution in [1.82, 2.24) is 0 Å². The van der Waals surface area contributed by atoms with Gasteiger partial charge in [0, 0.05) is 21.5 Å². The number of hydrogen-bond donors (Lipinski definition) is 0. The monoisotopic (exact) mass is 340 g/mol. The summed E-state index contributed by atoms with van der Waals surface area (Å²) in [5.41, 5.74) is 1.85. The minimum absolute atomic E-state index is 0.00551. The van der Waals surface area contributed by atoms with Gasteiger partial charge in [-0.3, -0.25) is 4.79 Å². The molecule has 2 rings (SSSR count). The summed E-state index contributed by atoms with van der Waals surface area (Å²) < 4.78 is 14.3. The van der Waals surface area contributed by atoms with Crippen molar-refractivity contribution in [3.8, 4) is 0 Å². The molecule has 19 heavy (non-hydrogen) atoms. The summed E-state index contributed by atoms with van der Waals surface area (Å²) in [4.78, 5) is 12.2. The molecule has 4 heteroatoms. The van der Waals surface area contributed by atoms with Crippen molar-refractivity contribution in [2.75, 3.05) is 0 Å². The molecule has 0 N–H and O–H groups in total. The number of carbonyl (C=O) groups is 1. The van der Waals surface area contributed by atoms with Gasteiger partial charge in [0.25, 0.3) is 0 Å². The molecule has 0 unspecified atom stereocenters. The van der Waals surface area contributed by atoms with Gasteiger partial charge in [-0.25, -0.2) is 4.39 Å². The Balaban J connectivity index is 2.30.